The van der Waals surface area contributed by atoms with E-state index in [1.54, 1.807) is 36.9 Å². The molecule has 1 heterocycles. The normalized spacial score (nSPS) is 11.0. The van der Waals surface area contributed by atoms with Gasteiger partial charge in [0.05, 0.1) is 16.8 Å². The largest absolute Gasteiger partial charge is 0.469 e. The standard InChI is InChI=1S/C16H16ClNO2S/c1-3-4-9-21-15-10-12(5-6-14(15)17)18-16(19)13-7-8-20-11(13)2/h3-8,10H,9H2,1-2H3,(H,18,19)/b4-3+. The van der Waals surface area contributed by atoms with Gasteiger partial charge in [-0.2, -0.15) is 0 Å². The lowest BCUT2D eigenvalue weighted by Gasteiger charge is -2.08. The Morgan fingerprint density at radius 2 is 2.24 bits per heavy atom. The quantitative estimate of drug-likeness (QED) is 0.610. The highest BCUT2D eigenvalue weighted by molar-refractivity contribution is 7.99. The van der Waals surface area contributed by atoms with Crippen molar-refractivity contribution in [1.82, 2.24) is 0 Å². The second-order valence-electron chi connectivity index (χ2n) is 4.37. The lowest BCUT2D eigenvalue weighted by molar-refractivity contribution is 0.102. The van der Waals surface area contributed by atoms with Gasteiger partial charge in [-0.3, -0.25) is 4.79 Å². The summed E-state index contributed by atoms with van der Waals surface area (Å²) in [4.78, 5) is 13.1. The summed E-state index contributed by atoms with van der Waals surface area (Å²) in [5.41, 5.74) is 1.25. The number of halogens is 1. The molecule has 0 bridgehead atoms. The van der Waals surface area contributed by atoms with Gasteiger partial charge in [-0.25, -0.2) is 0 Å². The average molecular weight is 322 g/mol. The lowest BCUT2D eigenvalue weighted by atomic mass is 10.2. The minimum atomic E-state index is -0.187. The molecule has 0 saturated carbocycles. The molecular formula is C16H16ClNO2S. The maximum Gasteiger partial charge on any atom is 0.259 e. The molecule has 0 aliphatic heterocycles. The van der Waals surface area contributed by atoms with E-state index in [1.807, 2.05) is 19.1 Å². The van der Waals surface area contributed by atoms with Crippen LogP contribution in [0, 0.1) is 6.92 Å². The Balaban J connectivity index is 2.12. The van der Waals surface area contributed by atoms with Gasteiger partial charge in [-0.1, -0.05) is 23.8 Å². The predicted molar refractivity (Wildman–Crippen MR) is 88.4 cm³/mol. The van der Waals surface area contributed by atoms with Crippen LogP contribution in [0.15, 0.2) is 52.0 Å². The van der Waals surface area contributed by atoms with Gasteiger partial charge < -0.3 is 9.73 Å². The smallest absolute Gasteiger partial charge is 0.259 e. The van der Waals surface area contributed by atoms with Gasteiger partial charge in [0.25, 0.3) is 5.91 Å². The molecule has 1 aromatic heterocycles. The van der Waals surface area contributed by atoms with Crippen LogP contribution >= 0.6 is 23.4 Å². The molecule has 0 atom stereocenters. The van der Waals surface area contributed by atoms with Crippen LogP contribution in [-0.2, 0) is 0 Å². The number of rotatable bonds is 5. The Morgan fingerprint density at radius 3 is 2.90 bits per heavy atom. The van der Waals surface area contributed by atoms with E-state index < -0.39 is 0 Å². The Kier molecular flexibility index (Phi) is 5.53. The summed E-state index contributed by atoms with van der Waals surface area (Å²) >= 11 is 7.79. The molecule has 1 amide bonds. The maximum atomic E-state index is 12.1. The van der Waals surface area contributed by atoms with E-state index in [0.29, 0.717) is 22.0 Å². The fourth-order valence-electron chi connectivity index (χ4n) is 1.74. The molecule has 0 unspecified atom stereocenters. The van der Waals surface area contributed by atoms with Crippen LogP contribution in [0.25, 0.3) is 0 Å². The zero-order valence-corrected chi connectivity index (χ0v) is 13.4. The van der Waals surface area contributed by atoms with Gasteiger partial charge in [-0.15, -0.1) is 11.8 Å². The fourth-order valence-corrected chi connectivity index (χ4v) is 2.91. The van der Waals surface area contributed by atoms with E-state index >= 15 is 0 Å². The first-order valence-corrected chi connectivity index (χ1v) is 7.87. The molecule has 2 aromatic rings. The van der Waals surface area contributed by atoms with E-state index in [0.717, 1.165) is 10.6 Å². The number of hydrogen-bond acceptors (Lipinski definition) is 3. The monoisotopic (exact) mass is 321 g/mol. The Labute approximate surface area is 133 Å². The first kappa shape index (κ1) is 15.7. The first-order chi connectivity index (χ1) is 10.1. The molecular weight excluding hydrogens is 306 g/mol. The summed E-state index contributed by atoms with van der Waals surface area (Å²) in [6, 6.07) is 7.11. The first-order valence-electron chi connectivity index (χ1n) is 6.50. The number of nitrogens with one attached hydrogen (secondary N) is 1. The van der Waals surface area contributed by atoms with E-state index in [-0.39, 0.29) is 5.91 Å². The van der Waals surface area contributed by atoms with Crippen molar-refractivity contribution in [3.8, 4) is 0 Å². The third-order valence-corrected chi connectivity index (χ3v) is 4.31. The number of hydrogen-bond donors (Lipinski definition) is 1. The van der Waals surface area contributed by atoms with Gasteiger partial charge in [0.15, 0.2) is 0 Å². The van der Waals surface area contributed by atoms with Crippen molar-refractivity contribution in [2.24, 2.45) is 0 Å². The van der Waals surface area contributed by atoms with Crippen LogP contribution in [0.4, 0.5) is 5.69 Å². The number of carbonyl (C=O) groups excluding carboxylic acids is 1. The van der Waals surface area contributed by atoms with Crippen molar-refractivity contribution in [2.75, 3.05) is 11.1 Å². The highest BCUT2D eigenvalue weighted by Crippen LogP contribution is 2.30. The number of aryl methyl sites for hydroxylation is 1. The SMILES string of the molecule is C/C=C/CSc1cc(NC(=O)c2ccoc2C)ccc1Cl. The maximum absolute atomic E-state index is 12.1. The van der Waals surface area contributed by atoms with Crippen LogP contribution in [0.2, 0.25) is 5.02 Å². The Hall–Kier alpha value is -1.65. The van der Waals surface area contributed by atoms with Crippen LogP contribution in [0.3, 0.4) is 0 Å². The summed E-state index contributed by atoms with van der Waals surface area (Å²) in [5.74, 6) is 1.26. The number of furan rings is 1. The molecule has 0 aliphatic carbocycles. The van der Waals surface area contributed by atoms with Gasteiger partial charge in [0, 0.05) is 16.3 Å². The number of allylic oxidation sites excluding steroid dienone is 1. The van der Waals surface area contributed by atoms with E-state index in [4.69, 9.17) is 16.0 Å². The summed E-state index contributed by atoms with van der Waals surface area (Å²) in [5, 5.41) is 3.54. The van der Waals surface area contributed by atoms with Gasteiger partial charge in [0.1, 0.15) is 5.76 Å². The van der Waals surface area contributed by atoms with Crippen molar-refractivity contribution >= 4 is 35.0 Å². The van der Waals surface area contributed by atoms with Gasteiger partial charge >= 0.3 is 0 Å². The molecule has 0 saturated heterocycles. The highest BCUT2D eigenvalue weighted by atomic mass is 35.5. The summed E-state index contributed by atoms with van der Waals surface area (Å²) in [7, 11) is 0. The second kappa shape index (κ2) is 7.38. The molecule has 3 nitrogen and oxygen atoms in total. The average Bonchev–Trinajstić information content (AvgIpc) is 2.89. The number of thioether (sulfide) groups is 1. The third kappa shape index (κ3) is 4.16. The van der Waals surface area contributed by atoms with Crippen LogP contribution in [-0.4, -0.2) is 11.7 Å². The number of amides is 1. The minimum absolute atomic E-state index is 0.187. The number of carbonyl (C=O) groups is 1. The molecule has 5 heteroatoms. The number of anilines is 1. The molecule has 1 aromatic carbocycles. The molecule has 0 spiro atoms. The molecule has 110 valence electrons. The van der Waals surface area contributed by atoms with Crippen LogP contribution in [0.5, 0.6) is 0 Å². The lowest BCUT2D eigenvalue weighted by Crippen LogP contribution is -2.12. The van der Waals surface area contributed by atoms with Crippen molar-refractivity contribution in [3.63, 3.8) is 0 Å². The van der Waals surface area contributed by atoms with Crippen molar-refractivity contribution in [1.29, 1.82) is 0 Å². The molecule has 2 rings (SSSR count). The zero-order valence-electron chi connectivity index (χ0n) is 11.9. The van der Waals surface area contributed by atoms with Gasteiger partial charge in [0.2, 0.25) is 0 Å². The predicted octanol–water partition coefficient (Wildman–Crippen LogP) is 5.16. The molecule has 0 fully saturated rings. The summed E-state index contributed by atoms with van der Waals surface area (Å²) < 4.78 is 5.14. The molecule has 1 N–H and O–H groups in total. The zero-order chi connectivity index (χ0) is 15.2. The van der Waals surface area contributed by atoms with Crippen LogP contribution < -0.4 is 5.32 Å². The highest BCUT2D eigenvalue weighted by Gasteiger charge is 2.12. The Bertz CT molecular complexity index is 664. The van der Waals surface area contributed by atoms with E-state index in [9.17, 15) is 4.79 Å². The van der Waals surface area contributed by atoms with E-state index in [1.165, 1.54) is 6.26 Å². The van der Waals surface area contributed by atoms with Crippen molar-refractivity contribution < 1.29 is 9.21 Å². The summed E-state index contributed by atoms with van der Waals surface area (Å²) in [6.07, 6.45) is 5.56. The minimum Gasteiger partial charge on any atom is -0.469 e. The summed E-state index contributed by atoms with van der Waals surface area (Å²) in [6.45, 7) is 3.74. The topological polar surface area (TPSA) is 42.2 Å². The van der Waals surface area contributed by atoms with Crippen molar-refractivity contribution in [2.45, 2.75) is 18.7 Å². The Morgan fingerprint density at radius 1 is 1.43 bits per heavy atom. The third-order valence-electron chi connectivity index (χ3n) is 2.86. The molecule has 0 aliphatic rings. The molecule has 0 radical (unpaired) electrons. The van der Waals surface area contributed by atoms with Crippen molar-refractivity contribution in [3.05, 3.63) is 59.0 Å². The molecule has 21 heavy (non-hydrogen) atoms. The van der Waals surface area contributed by atoms with Gasteiger partial charge in [-0.05, 0) is 38.1 Å². The van der Waals surface area contributed by atoms with E-state index in [2.05, 4.69) is 11.4 Å². The second-order valence-corrected chi connectivity index (χ2v) is 5.84. The number of benzene rings is 1. The van der Waals surface area contributed by atoms with Crippen LogP contribution in [0.1, 0.15) is 23.0 Å². The fraction of sp³-hybridized carbons (Fsp3) is 0.188.